The van der Waals surface area contributed by atoms with Crippen molar-refractivity contribution >= 4 is 61.6 Å². The monoisotopic (exact) mass is 382 g/mol. The van der Waals surface area contributed by atoms with Crippen LogP contribution in [-0.4, -0.2) is 10.9 Å². The second-order valence-corrected chi connectivity index (χ2v) is 6.14. The number of H-pyrrole nitrogens is 1. The van der Waals surface area contributed by atoms with E-state index in [1.165, 1.54) is 0 Å². The zero-order chi connectivity index (χ0) is 15.0. The molecular weight excluding hydrogens is 375 g/mol. The van der Waals surface area contributed by atoms with E-state index in [4.69, 9.17) is 23.2 Å². The van der Waals surface area contributed by atoms with Crippen molar-refractivity contribution in [2.45, 2.75) is 0 Å². The summed E-state index contributed by atoms with van der Waals surface area (Å²) in [6.07, 6.45) is 0. The van der Waals surface area contributed by atoms with Crippen molar-refractivity contribution in [1.82, 2.24) is 4.98 Å². The number of aromatic amines is 1. The van der Waals surface area contributed by atoms with E-state index in [9.17, 15) is 4.79 Å². The number of hydrogen-bond acceptors (Lipinski definition) is 1. The number of para-hydroxylation sites is 1. The number of nitrogens with one attached hydrogen (secondary N) is 2. The number of benzene rings is 2. The van der Waals surface area contributed by atoms with Crippen LogP contribution in [0.5, 0.6) is 0 Å². The molecule has 6 heteroatoms. The summed E-state index contributed by atoms with van der Waals surface area (Å²) in [5.74, 6) is -0.333. The molecule has 106 valence electrons. The Morgan fingerprint density at radius 1 is 1.14 bits per heavy atom. The molecule has 0 bridgehead atoms. The van der Waals surface area contributed by atoms with Gasteiger partial charge in [-0.1, -0.05) is 51.3 Å². The third kappa shape index (κ3) is 2.79. The van der Waals surface area contributed by atoms with Crippen LogP contribution in [0.2, 0.25) is 10.0 Å². The molecule has 0 atom stereocenters. The van der Waals surface area contributed by atoms with E-state index in [2.05, 4.69) is 26.2 Å². The molecule has 1 heterocycles. The zero-order valence-corrected chi connectivity index (χ0v) is 13.7. The van der Waals surface area contributed by atoms with Gasteiger partial charge in [0.1, 0.15) is 5.69 Å². The highest BCUT2D eigenvalue weighted by Gasteiger charge is 2.17. The number of anilines is 1. The first-order valence-electron chi connectivity index (χ1n) is 6.09. The lowest BCUT2D eigenvalue weighted by atomic mass is 10.2. The normalized spacial score (nSPS) is 10.8. The number of carbonyl (C=O) groups excluding carboxylic acids is 1. The second-order valence-electron chi connectivity index (χ2n) is 4.44. The third-order valence-corrected chi connectivity index (χ3v) is 4.26. The summed E-state index contributed by atoms with van der Waals surface area (Å²) in [7, 11) is 0. The predicted octanol–water partition coefficient (Wildman–Crippen LogP) is 5.49. The number of fused-ring (bicyclic) bond motifs is 1. The number of carbonyl (C=O) groups is 1. The minimum absolute atomic E-state index is 0.310. The van der Waals surface area contributed by atoms with Gasteiger partial charge < -0.3 is 10.3 Å². The SMILES string of the molecule is O=C(Nc1ccccc1Cl)c1[nH]c2ccc(Br)cc2c1Cl. The third-order valence-electron chi connectivity index (χ3n) is 3.05. The van der Waals surface area contributed by atoms with E-state index in [0.717, 1.165) is 15.4 Å². The molecular formula is C15H9BrCl2N2O. The quantitative estimate of drug-likeness (QED) is 0.603. The van der Waals surface area contributed by atoms with Crippen LogP contribution in [0.15, 0.2) is 46.9 Å². The van der Waals surface area contributed by atoms with Crippen LogP contribution in [0.4, 0.5) is 5.69 Å². The van der Waals surface area contributed by atoms with Gasteiger partial charge in [-0.15, -0.1) is 0 Å². The Morgan fingerprint density at radius 2 is 1.90 bits per heavy atom. The first-order chi connectivity index (χ1) is 10.1. The van der Waals surface area contributed by atoms with Crippen LogP contribution in [0, 0.1) is 0 Å². The van der Waals surface area contributed by atoms with Crippen LogP contribution in [-0.2, 0) is 0 Å². The van der Waals surface area contributed by atoms with Gasteiger partial charge in [0.2, 0.25) is 0 Å². The first kappa shape index (κ1) is 14.4. The molecule has 1 aromatic heterocycles. The van der Waals surface area contributed by atoms with Crippen molar-refractivity contribution in [3.05, 3.63) is 62.7 Å². The smallest absolute Gasteiger partial charge is 0.273 e. The van der Waals surface area contributed by atoms with E-state index >= 15 is 0 Å². The Hall–Kier alpha value is -1.49. The molecule has 0 aliphatic carbocycles. The molecule has 0 aliphatic rings. The Morgan fingerprint density at radius 3 is 2.67 bits per heavy atom. The maximum absolute atomic E-state index is 12.3. The minimum atomic E-state index is -0.333. The van der Waals surface area contributed by atoms with Crippen molar-refractivity contribution in [3.8, 4) is 0 Å². The molecule has 0 spiro atoms. The predicted molar refractivity (Wildman–Crippen MR) is 90.4 cm³/mol. The van der Waals surface area contributed by atoms with Gasteiger partial charge in [0, 0.05) is 15.4 Å². The molecule has 0 saturated carbocycles. The minimum Gasteiger partial charge on any atom is -0.349 e. The van der Waals surface area contributed by atoms with E-state index in [0.29, 0.717) is 21.4 Å². The molecule has 3 aromatic rings. The fourth-order valence-corrected chi connectivity index (χ4v) is 2.87. The molecule has 0 fully saturated rings. The average molecular weight is 384 g/mol. The average Bonchev–Trinajstić information content (AvgIpc) is 2.79. The fraction of sp³-hybridized carbons (Fsp3) is 0. The summed E-state index contributed by atoms with van der Waals surface area (Å²) in [6, 6.07) is 12.6. The second kappa shape index (κ2) is 5.72. The van der Waals surface area contributed by atoms with Gasteiger partial charge in [0.15, 0.2) is 0 Å². The first-order valence-corrected chi connectivity index (χ1v) is 7.64. The molecule has 2 N–H and O–H groups in total. The lowest BCUT2D eigenvalue weighted by Gasteiger charge is -2.05. The van der Waals surface area contributed by atoms with Gasteiger partial charge in [-0.25, -0.2) is 0 Å². The maximum atomic E-state index is 12.3. The van der Waals surface area contributed by atoms with Crippen LogP contribution in [0.1, 0.15) is 10.5 Å². The molecule has 2 aromatic carbocycles. The molecule has 0 unspecified atom stereocenters. The van der Waals surface area contributed by atoms with Crippen molar-refractivity contribution < 1.29 is 4.79 Å². The topological polar surface area (TPSA) is 44.9 Å². The van der Waals surface area contributed by atoms with Crippen molar-refractivity contribution in [2.75, 3.05) is 5.32 Å². The summed E-state index contributed by atoms with van der Waals surface area (Å²) in [6.45, 7) is 0. The number of aromatic nitrogens is 1. The maximum Gasteiger partial charge on any atom is 0.273 e. The zero-order valence-electron chi connectivity index (χ0n) is 10.6. The number of rotatable bonds is 2. The van der Waals surface area contributed by atoms with Crippen LogP contribution >= 0.6 is 39.1 Å². The number of amides is 1. The Bertz CT molecular complexity index is 845. The molecule has 1 amide bonds. The van der Waals surface area contributed by atoms with Crippen molar-refractivity contribution in [1.29, 1.82) is 0 Å². The number of hydrogen-bond donors (Lipinski definition) is 2. The molecule has 0 radical (unpaired) electrons. The highest BCUT2D eigenvalue weighted by molar-refractivity contribution is 9.10. The van der Waals surface area contributed by atoms with Gasteiger partial charge in [0.05, 0.1) is 15.7 Å². The Labute approximate surface area is 139 Å². The molecule has 3 nitrogen and oxygen atoms in total. The van der Waals surface area contributed by atoms with Crippen LogP contribution < -0.4 is 5.32 Å². The summed E-state index contributed by atoms with van der Waals surface area (Å²) in [5, 5.41) is 4.39. The van der Waals surface area contributed by atoms with Crippen LogP contribution in [0.3, 0.4) is 0 Å². The van der Waals surface area contributed by atoms with Crippen LogP contribution in [0.25, 0.3) is 10.9 Å². The van der Waals surface area contributed by atoms with E-state index < -0.39 is 0 Å². The summed E-state index contributed by atoms with van der Waals surface area (Å²) >= 11 is 15.7. The van der Waals surface area contributed by atoms with Gasteiger partial charge in [-0.2, -0.15) is 0 Å². The largest absolute Gasteiger partial charge is 0.349 e. The molecule has 3 rings (SSSR count). The molecule has 21 heavy (non-hydrogen) atoms. The summed E-state index contributed by atoms with van der Waals surface area (Å²) in [5.41, 5.74) is 1.65. The lowest BCUT2D eigenvalue weighted by molar-refractivity contribution is 0.102. The lowest BCUT2D eigenvalue weighted by Crippen LogP contribution is -2.13. The number of halogens is 3. The van der Waals surface area contributed by atoms with Gasteiger partial charge in [-0.3, -0.25) is 4.79 Å². The highest BCUT2D eigenvalue weighted by atomic mass is 79.9. The standard InChI is InChI=1S/C15H9BrCl2N2O/c16-8-5-6-11-9(7-8)13(18)14(19-11)15(21)20-12-4-2-1-3-10(12)17/h1-7,19H,(H,20,21). The summed E-state index contributed by atoms with van der Waals surface area (Å²) in [4.78, 5) is 15.4. The fourth-order valence-electron chi connectivity index (χ4n) is 2.04. The highest BCUT2D eigenvalue weighted by Crippen LogP contribution is 2.30. The summed E-state index contributed by atoms with van der Waals surface area (Å²) < 4.78 is 0.897. The van der Waals surface area contributed by atoms with Gasteiger partial charge in [-0.05, 0) is 30.3 Å². The Kier molecular flexibility index (Phi) is 3.93. The Balaban J connectivity index is 1.99. The molecule has 0 saturated heterocycles. The molecule has 0 aliphatic heterocycles. The van der Waals surface area contributed by atoms with Crippen molar-refractivity contribution in [2.24, 2.45) is 0 Å². The van der Waals surface area contributed by atoms with E-state index in [1.54, 1.807) is 24.3 Å². The van der Waals surface area contributed by atoms with E-state index in [-0.39, 0.29) is 5.91 Å². The van der Waals surface area contributed by atoms with Gasteiger partial charge in [0.25, 0.3) is 5.91 Å². The van der Waals surface area contributed by atoms with Gasteiger partial charge >= 0.3 is 0 Å². The van der Waals surface area contributed by atoms with Crippen molar-refractivity contribution in [3.63, 3.8) is 0 Å². The van der Waals surface area contributed by atoms with E-state index in [1.807, 2.05) is 18.2 Å².